The molecule has 0 fully saturated rings. The van der Waals surface area contributed by atoms with E-state index in [-0.39, 0.29) is 50.2 Å². The Balaban J connectivity index is 0.970. The number of hydrogen-bond acceptors (Lipinski definition) is 2. The molecule has 0 bridgehead atoms. The van der Waals surface area contributed by atoms with Gasteiger partial charge in [0, 0.05) is 23.0 Å². The summed E-state index contributed by atoms with van der Waals surface area (Å²) in [6, 6.07) is -0.950. The monoisotopic (exact) mass is 1440 g/mol. The van der Waals surface area contributed by atoms with Crippen molar-refractivity contribution in [3.8, 4) is 84.3 Å². The van der Waals surface area contributed by atoms with Crippen LogP contribution in [0.25, 0.3) is 106 Å². The van der Waals surface area contributed by atoms with Gasteiger partial charge in [-0.3, -0.25) is 13.7 Å². The average molecular weight is 1440 g/mol. The fourth-order valence-electron chi connectivity index (χ4n) is 14.6. The maximum atomic E-state index is 11.4. The lowest BCUT2D eigenvalue weighted by Crippen LogP contribution is -2.74. The topological polar surface area (TPSA) is 35.9 Å². The minimum atomic E-state index is -6.63. The summed E-state index contributed by atoms with van der Waals surface area (Å²) >= 11 is 0. The van der Waals surface area contributed by atoms with E-state index in [1.165, 1.54) is 41.0 Å². The number of aromatic nitrogens is 4. The standard InChI is InChI=1S/C100H74N4OSi2/c1-100(2,3)73-61-62-101-97(66-73)104-94-55-25-24-51-89(94)90-60-58-76(68-96(90)104)105-75-34-28-33-74(67-75)102-69-103-98-85(72-32-27-48-84(64-72)107(80-41-16-7-17-42-80,81-43-18-8-19-44-81)82-45-20-9-21-46-82)52-29-53-92(98)93-65-71(57-59-88(93)86-49-22-23-50-87(86)91-54-30-56-95(102)99(91)103)70-31-26-47-83(63-70)106(77-35-10-4-11-36-77,78-37-12-5-13-38-78)79-39-14-6-15-40-79/h4-68H,1-3H3/i4D,5D,6D,7D,8D,9D,10D,11D,12D,13D,14D,15D,16D,17D,18D,19D,20D,21D,26D,27D,31D,32D,35D,36D,37D,38D,39D,40D,41D,42D,43D,44D,45D,46D,47D,48D,63D,64D. The molecular formula is C100H74N4OSi2. The summed E-state index contributed by atoms with van der Waals surface area (Å²) in [6.45, 7) is 6.30. The first-order valence-corrected chi connectivity index (χ1v) is 37.8. The Bertz CT molecular complexity index is 8350. The molecule has 508 valence electrons. The van der Waals surface area contributed by atoms with Crippen molar-refractivity contribution in [3.05, 3.63) is 405 Å². The van der Waals surface area contributed by atoms with E-state index in [4.69, 9.17) is 17.9 Å². The number of fused-ring (bicyclic) bond motifs is 10. The van der Waals surface area contributed by atoms with Crippen LogP contribution < -0.4 is 50.8 Å². The quantitative estimate of drug-likeness (QED) is 0.0471. The number of nitrogens with zero attached hydrogens (tertiary/aromatic N) is 4. The highest BCUT2D eigenvalue weighted by Crippen LogP contribution is 2.47. The number of benzene rings is 15. The SMILES string of the molecule is [2H]c1c([2H])c([2H])c([Si](c2c([2H])c([2H])c([2H])c([2H])c2[2H])(c2c([2H])c([2H])c([2H])c([2H])c2[2H])c2c([2H])c([2H])c([2H])c(-c3ccc4c(c3)-c3cccc(-c5c([2H])c([2H])c([2H])c([Si](c6c([2H])c([2H])c([2H])c([2H])c6[2H])(c6c([2H])c([2H])c([2H])c([2H])c6[2H])c6c([2H])c([2H])c([2H])c([2H])c6[2H])c5[2H])c3-[n+]3[c-]n(-c5cccc(Oc6ccc7c8ccccc8n(-c8cc(C(C)(C)C)ccn8)c7c6)c5)c5cccc(c53)-c3ccccc3-4)c2[2H])c([2H])c1[2H]. The van der Waals surface area contributed by atoms with Crippen molar-refractivity contribution < 1.29 is 61.4 Å². The molecule has 18 aromatic rings. The number of rotatable bonds is 14. The smallest absolute Gasteiger partial charge is 0.269 e. The molecule has 0 saturated carbocycles. The Kier molecular flexibility index (Phi) is 8.97. The third kappa shape index (κ3) is 11.0. The van der Waals surface area contributed by atoms with Crippen LogP contribution in [0.2, 0.25) is 0 Å². The van der Waals surface area contributed by atoms with Gasteiger partial charge in [0.15, 0.2) is 16.1 Å². The van der Waals surface area contributed by atoms with Crippen molar-refractivity contribution in [2.45, 2.75) is 26.2 Å². The van der Waals surface area contributed by atoms with E-state index in [0.717, 1.165) is 27.4 Å². The van der Waals surface area contributed by atoms with Crippen LogP contribution in [0.1, 0.15) is 78.4 Å². The summed E-state index contributed by atoms with van der Waals surface area (Å²) in [5, 5.41) is -7.21. The Morgan fingerprint density at radius 3 is 1.45 bits per heavy atom. The van der Waals surface area contributed by atoms with Gasteiger partial charge in [-0.2, -0.15) is 0 Å². The van der Waals surface area contributed by atoms with Gasteiger partial charge in [-0.05, 0) is 163 Å². The summed E-state index contributed by atoms with van der Waals surface area (Å²) in [4.78, 5) is 4.88. The Hall–Kier alpha value is -13.0. The first-order valence-electron chi connectivity index (χ1n) is 52.8. The first kappa shape index (κ1) is 36.1. The predicted molar refractivity (Wildman–Crippen MR) is 449 cm³/mol. The molecule has 0 unspecified atom stereocenters. The molecule has 0 radical (unpaired) electrons. The molecule has 0 N–H and O–H groups in total. The number of ether oxygens (including phenoxy) is 1. The van der Waals surface area contributed by atoms with Crippen molar-refractivity contribution in [1.29, 1.82) is 0 Å². The lowest BCUT2D eigenvalue weighted by molar-refractivity contribution is -0.570. The van der Waals surface area contributed by atoms with E-state index in [1.807, 2.05) is 59.2 Å². The number of pyridine rings is 1. The molecule has 7 heteroatoms. The summed E-state index contributed by atoms with van der Waals surface area (Å²) in [6.07, 6.45) is 5.33. The van der Waals surface area contributed by atoms with Crippen LogP contribution in [0, 0.1) is 6.33 Å². The molecule has 4 heterocycles. The van der Waals surface area contributed by atoms with E-state index in [9.17, 15) is 43.9 Å². The third-order valence-corrected chi connectivity index (χ3v) is 27.4. The van der Waals surface area contributed by atoms with Gasteiger partial charge in [0.2, 0.25) is 0 Å². The third-order valence-electron chi connectivity index (χ3n) is 19.4. The molecule has 1 aliphatic heterocycles. The molecule has 19 rings (SSSR count). The highest BCUT2D eigenvalue weighted by molar-refractivity contribution is 7.20. The molecule has 0 spiro atoms. The van der Waals surface area contributed by atoms with Crippen molar-refractivity contribution in [1.82, 2.24) is 14.1 Å². The zero-order valence-electron chi connectivity index (χ0n) is 94.8. The van der Waals surface area contributed by atoms with Gasteiger partial charge in [0.05, 0.1) is 85.5 Å². The molecule has 107 heavy (non-hydrogen) atoms. The zero-order valence-corrected chi connectivity index (χ0v) is 58.8. The van der Waals surface area contributed by atoms with Crippen molar-refractivity contribution in [3.63, 3.8) is 0 Å². The fourth-order valence-corrected chi connectivity index (χ4v) is 21.7. The summed E-state index contributed by atoms with van der Waals surface area (Å²) < 4.78 is 383. The lowest BCUT2D eigenvalue weighted by Gasteiger charge is -2.34. The molecule has 15 aromatic carbocycles. The second-order valence-corrected chi connectivity index (χ2v) is 33.2. The van der Waals surface area contributed by atoms with Crippen molar-refractivity contribution >= 4 is 90.5 Å². The normalized spacial score (nSPS) is 17.0. The molecule has 0 saturated heterocycles. The molecule has 1 aliphatic rings. The second-order valence-electron chi connectivity index (χ2n) is 26.2. The van der Waals surface area contributed by atoms with Gasteiger partial charge in [-0.25, -0.2) is 4.98 Å². The van der Waals surface area contributed by atoms with Crippen LogP contribution in [0.3, 0.4) is 0 Å². The largest absolute Gasteiger partial charge is 0.458 e. The van der Waals surface area contributed by atoms with Crippen LogP contribution in [-0.4, -0.2) is 30.3 Å². The highest BCUT2D eigenvalue weighted by Gasteiger charge is 2.43. The maximum Gasteiger partial charge on any atom is 0.269 e. The van der Waals surface area contributed by atoms with E-state index in [1.54, 1.807) is 77.5 Å². The van der Waals surface area contributed by atoms with Gasteiger partial charge in [0.25, 0.3) is 6.33 Å². The lowest BCUT2D eigenvalue weighted by atomic mass is 9.86. The Labute approximate surface area is 679 Å². The molecule has 3 aromatic heterocycles. The summed E-state index contributed by atoms with van der Waals surface area (Å²) in [5.74, 6) is 1.26. The van der Waals surface area contributed by atoms with Crippen LogP contribution in [0.4, 0.5) is 0 Å². The maximum absolute atomic E-state index is 11.4. The average Bonchev–Trinajstić information content (AvgIpc) is 0.893. The van der Waals surface area contributed by atoms with E-state index in [2.05, 4.69) is 27.1 Å². The van der Waals surface area contributed by atoms with Crippen molar-refractivity contribution in [2.24, 2.45) is 0 Å². The van der Waals surface area contributed by atoms with Gasteiger partial charge in [-0.15, -0.1) is 0 Å². The predicted octanol–water partition coefficient (Wildman–Crippen LogP) is 18.7. The Morgan fingerprint density at radius 1 is 0.364 bits per heavy atom. The van der Waals surface area contributed by atoms with Gasteiger partial charge < -0.3 is 4.74 Å². The summed E-state index contributed by atoms with van der Waals surface area (Å²) in [5.41, 5.74) is 1.88. The van der Waals surface area contributed by atoms with Crippen LogP contribution in [-0.2, 0) is 5.41 Å². The molecule has 0 amide bonds. The van der Waals surface area contributed by atoms with Crippen LogP contribution in [0.5, 0.6) is 11.5 Å². The molecule has 5 nitrogen and oxygen atoms in total. The second kappa shape index (κ2) is 26.6. The summed E-state index contributed by atoms with van der Waals surface area (Å²) in [7, 11) is -13.2. The number of hydrogen-bond donors (Lipinski definition) is 0. The molecule has 0 aliphatic carbocycles. The number of para-hydroxylation sites is 3. The van der Waals surface area contributed by atoms with Crippen LogP contribution in [0.15, 0.2) is 394 Å². The van der Waals surface area contributed by atoms with Crippen molar-refractivity contribution in [2.75, 3.05) is 0 Å². The minimum absolute atomic E-state index is 0.0460. The van der Waals surface area contributed by atoms with E-state index in [0.29, 0.717) is 39.5 Å². The minimum Gasteiger partial charge on any atom is -0.458 e. The first-order chi connectivity index (χ1) is 68.5. The van der Waals surface area contributed by atoms with E-state index < -0.39 is 298 Å². The Morgan fingerprint density at radius 2 is 0.841 bits per heavy atom. The zero-order chi connectivity index (χ0) is 105. The van der Waals surface area contributed by atoms with Crippen LogP contribution >= 0.6 is 0 Å². The molecular weight excluding hydrogens is 1330 g/mol. The number of imidazole rings is 1. The molecule has 0 atom stereocenters. The van der Waals surface area contributed by atoms with Gasteiger partial charge in [-0.1, -0.05) is 347 Å². The fraction of sp³-hybridized carbons (Fsp3) is 0.0400. The van der Waals surface area contributed by atoms with Gasteiger partial charge in [0.1, 0.15) is 17.3 Å². The highest BCUT2D eigenvalue weighted by atomic mass is 28.3. The van der Waals surface area contributed by atoms with Gasteiger partial charge >= 0.3 is 0 Å². The van der Waals surface area contributed by atoms with E-state index >= 15 is 0 Å².